The molecular weight excluding hydrogens is 300 g/mol. The molecule has 6 nitrogen and oxygen atoms in total. The van der Waals surface area contributed by atoms with Gasteiger partial charge in [0.25, 0.3) is 0 Å². The van der Waals surface area contributed by atoms with Crippen molar-refractivity contribution < 1.29 is 9.21 Å². The van der Waals surface area contributed by atoms with Crippen molar-refractivity contribution in [2.75, 3.05) is 5.75 Å². The maximum atomic E-state index is 12.0. The van der Waals surface area contributed by atoms with Gasteiger partial charge in [-0.3, -0.25) is 4.79 Å². The van der Waals surface area contributed by atoms with E-state index in [4.69, 9.17) is 4.42 Å². The number of amides is 1. The SMILES string of the molecule is CCn1c(SCC(=O)N[C@H](C)c2ccco2)nnc1C1CC1. The summed E-state index contributed by atoms with van der Waals surface area (Å²) < 4.78 is 7.40. The summed E-state index contributed by atoms with van der Waals surface area (Å²) in [7, 11) is 0. The Morgan fingerprint density at radius 3 is 3.00 bits per heavy atom. The third-order valence-corrected chi connectivity index (χ3v) is 4.65. The van der Waals surface area contributed by atoms with Gasteiger partial charge in [-0.05, 0) is 38.8 Å². The van der Waals surface area contributed by atoms with Crippen molar-refractivity contribution in [1.82, 2.24) is 20.1 Å². The fourth-order valence-corrected chi connectivity index (χ4v) is 3.19. The molecule has 2 aromatic heterocycles. The highest BCUT2D eigenvalue weighted by Gasteiger charge is 2.30. The van der Waals surface area contributed by atoms with Crippen LogP contribution >= 0.6 is 11.8 Å². The molecule has 2 heterocycles. The Balaban J connectivity index is 1.55. The molecule has 22 heavy (non-hydrogen) atoms. The number of carbonyl (C=O) groups excluding carboxylic acids is 1. The standard InChI is InChI=1S/C15H20N4O2S/c1-3-19-14(11-6-7-11)17-18-15(19)22-9-13(20)16-10(2)12-5-4-8-21-12/h4-5,8,10-11H,3,6-7,9H2,1-2H3,(H,16,20)/t10-/m1/s1. The van der Waals surface area contributed by atoms with Crippen molar-refractivity contribution in [3.63, 3.8) is 0 Å². The van der Waals surface area contributed by atoms with E-state index in [2.05, 4.69) is 27.0 Å². The lowest BCUT2D eigenvalue weighted by Gasteiger charge is -2.11. The van der Waals surface area contributed by atoms with E-state index in [-0.39, 0.29) is 11.9 Å². The zero-order valence-corrected chi connectivity index (χ0v) is 13.6. The molecule has 0 spiro atoms. The zero-order valence-electron chi connectivity index (χ0n) is 12.8. The Kier molecular flexibility index (Phi) is 4.52. The number of rotatable bonds is 7. The van der Waals surface area contributed by atoms with Crippen LogP contribution in [0.25, 0.3) is 0 Å². The fourth-order valence-electron chi connectivity index (χ4n) is 2.37. The van der Waals surface area contributed by atoms with Crippen molar-refractivity contribution in [3.8, 4) is 0 Å². The van der Waals surface area contributed by atoms with Crippen LogP contribution in [0, 0.1) is 0 Å². The van der Waals surface area contributed by atoms with Gasteiger partial charge in [0.05, 0.1) is 18.1 Å². The zero-order chi connectivity index (χ0) is 15.5. The van der Waals surface area contributed by atoms with Crippen LogP contribution in [0.4, 0.5) is 0 Å². The number of hydrogen-bond donors (Lipinski definition) is 1. The van der Waals surface area contributed by atoms with Crippen molar-refractivity contribution in [3.05, 3.63) is 30.0 Å². The maximum absolute atomic E-state index is 12.0. The van der Waals surface area contributed by atoms with Crippen molar-refractivity contribution in [2.45, 2.75) is 50.4 Å². The molecule has 0 saturated heterocycles. The highest BCUT2D eigenvalue weighted by atomic mass is 32.2. The molecule has 1 aliphatic rings. The van der Waals surface area contributed by atoms with Gasteiger partial charge in [0, 0.05) is 12.5 Å². The Hall–Kier alpha value is -1.76. The van der Waals surface area contributed by atoms with Crippen LogP contribution in [0.1, 0.15) is 50.2 Å². The van der Waals surface area contributed by atoms with Gasteiger partial charge in [0.1, 0.15) is 11.6 Å². The van der Waals surface area contributed by atoms with Crippen LogP contribution in [-0.2, 0) is 11.3 Å². The average molecular weight is 320 g/mol. The van der Waals surface area contributed by atoms with E-state index in [1.165, 1.54) is 24.6 Å². The molecule has 0 aliphatic heterocycles. The third kappa shape index (κ3) is 3.35. The molecule has 3 rings (SSSR count). The van der Waals surface area contributed by atoms with Gasteiger partial charge in [0.15, 0.2) is 5.16 Å². The molecule has 1 atom stereocenters. The number of aromatic nitrogens is 3. The van der Waals surface area contributed by atoms with Crippen molar-refractivity contribution >= 4 is 17.7 Å². The summed E-state index contributed by atoms with van der Waals surface area (Å²) in [4.78, 5) is 12.0. The minimum absolute atomic E-state index is 0.0347. The molecule has 0 radical (unpaired) electrons. The van der Waals surface area contributed by atoms with E-state index in [1.807, 2.05) is 19.1 Å². The summed E-state index contributed by atoms with van der Waals surface area (Å²) in [5, 5.41) is 12.2. The van der Waals surface area contributed by atoms with E-state index >= 15 is 0 Å². The van der Waals surface area contributed by atoms with Crippen LogP contribution in [0.2, 0.25) is 0 Å². The minimum Gasteiger partial charge on any atom is -0.467 e. The van der Waals surface area contributed by atoms with Crippen LogP contribution in [-0.4, -0.2) is 26.4 Å². The molecule has 7 heteroatoms. The summed E-state index contributed by atoms with van der Waals surface area (Å²) in [6.07, 6.45) is 4.00. The second kappa shape index (κ2) is 6.56. The largest absolute Gasteiger partial charge is 0.467 e. The first kappa shape index (κ1) is 15.1. The lowest BCUT2D eigenvalue weighted by Crippen LogP contribution is -2.28. The minimum atomic E-state index is -0.130. The number of nitrogens with one attached hydrogen (secondary N) is 1. The first-order valence-electron chi connectivity index (χ1n) is 7.57. The Morgan fingerprint density at radius 1 is 1.55 bits per heavy atom. The van der Waals surface area contributed by atoms with E-state index in [0.29, 0.717) is 11.7 Å². The van der Waals surface area contributed by atoms with Crippen LogP contribution in [0.15, 0.2) is 28.0 Å². The van der Waals surface area contributed by atoms with E-state index in [9.17, 15) is 4.79 Å². The number of carbonyl (C=O) groups is 1. The Bertz CT molecular complexity index is 634. The molecule has 0 bridgehead atoms. The molecule has 1 aliphatic carbocycles. The van der Waals surface area contributed by atoms with E-state index in [0.717, 1.165) is 23.3 Å². The van der Waals surface area contributed by atoms with Gasteiger partial charge < -0.3 is 14.3 Å². The molecule has 2 aromatic rings. The second-order valence-corrected chi connectivity index (χ2v) is 6.40. The molecule has 0 unspecified atom stereocenters. The molecular formula is C15H20N4O2S. The molecule has 118 valence electrons. The number of thioether (sulfide) groups is 1. The van der Waals surface area contributed by atoms with Crippen LogP contribution in [0.5, 0.6) is 0 Å². The highest BCUT2D eigenvalue weighted by Crippen LogP contribution is 2.39. The third-order valence-electron chi connectivity index (χ3n) is 3.68. The van der Waals surface area contributed by atoms with Gasteiger partial charge in [-0.1, -0.05) is 11.8 Å². The normalized spacial score (nSPS) is 15.7. The maximum Gasteiger partial charge on any atom is 0.231 e. The van der Waals surface area contributed by atoms with Gasteiger partial charge in [-0.15, -0.1) is 10.2 Å². The summed E-state index contributed by atoms with van der Waals surface area (Å²) in [5.74, 6) is 2.68. The summed E-state index contributed by atoms with van der Waals surface area (Å²) in [5.41, 5.74) is 0. The fraction of sp³-hybridized carbons (Fsp3) is 0.533. The van der Waals surface area contributed by atoms with Gasteiger partial charge >= 0.3 is 0 Å². The van der Waals surface area contributed by atoms with Crippen molar-refractivity contribution in [2.24, 2.45) is 0 Å². The van der Waals surface area contributed by atoms with Crippen LogP contribution in [0.3, 0.4) is 0 Å². The predicted octanol–water partition coefficient (Wildman–Crippen LogP) is 2.74. The van der Waals surface area contributed by atoms with E-state index in [1.54, 1.807) is 6.26 Å². The topological polar surface area (TPSA) is 73.0 Å². The lowest BCUT2D eigenvalue weighted by molar-refractivity contribution is -0.119. The quantitative estimate of drug-likeness (QED) is 0.794. The summed E-state index contributed by atoms with van der Waals surface area (Å²) in [6.45, 7) is 4.82. The van der Waals surface area contributed by atoms with Gasteiger partial charge in [-0.25, -0.2) is 0 Å². The number of nitrogens with zero attached hydrogens (tertiary/aromatic N) is 3. The second-order valence-electron chi connectivity index (χ2n) is 5.45. The Labute approximate surface area is 133 Å². The Morgan fingerprint density at radius 2 is 2.36 bits per heavy atom. The van der Waals surface area contributed by atoms with Gasteiger partial charge in [0.2, 0.25) is 5.91 Å². The van der Waals surface area contributed by atoms with Gasteiger partial charge in [-0.2, -0.15) is 0 Å². The molecule has 1 N–H and O–H groups in total. The first-order valence-corrected chi connectivity index (χ1v) is 8.56. The summed E-state index contributed by atoms with van der Waals surface area (Å²) >= 11 is 1.43. The molecule has 1 amide bonds. The van der Waals surface area contributed by atoms with Crippen molar-refractivity contribution in [1.29, 1.82) is 0 Å². The predicted molar refractivity (Wildman–Crippen MR) is 83.7 cm³/mol. The van der Waals surface area contributed by atoms with E-state index < -0.39 is 0 Å². The van der Waals surface area contributed by atoms with Crippen LogP contribution < -0.4 is 5.32 Å². The molecule has 1 fully saturated rings. The highest BCUT2D eigenvalue weighted by molar-refractivity contribution is 7.99. The first-order chi connectivity index (χ1) is 10.7. The molecule has 1 saturated carbocycles. The smallest absolute Gasteiger partial charge is 0.231 e. The number of furan rings is 1. The lowest BCUT2D eigenvalue weighted by atomic mass is 10.2. The average Bonchev–Trinajstić information content (AvgIpc) is 3.05. The number of hydrogen-bond acceptors (Lipinski definition) is 5. The monoisotopic (exact) mass is 320 g/mol. The summed E-state index contributed by atoms with van der Waals surface area (Å²) in [6, 6.07) is 3.54. The molecule has 0 aromatic carbocycles.